The van der Waals surface area contributed by atoms with Crippen molar-refractivity contribution >= 4 is 11.7 Å². The van der Waals surface area contributed by atoms with Gasteiger partial charge in [0, 0.05) is 6.54 Å². The quantitative estimate of drug-likeness (QED) is 0.608. The highest BCUT2D eigenvalue weighted by molar-refractivity contribution is 5.80. The Kier molecular flexibility index (Phi) is 5.04. The van der Waals surface area contributed by atoms with Crippen LogP contribution in [0.25, 0.3) is 0 Å². The van der Waals surface area contributed by atoms with Crippen molar-refractivity contribution in [2.24, 2.45) is 0 Å². The number of hydrogen-bond donors (Lipinski definition) is 1. The van der Waals surface area contributed by atoms with Crippen molar-refractivity contribution in [3.63, 3.8) is 0 Å². The number of amides is 1. The third-order valence-electron chi connectivity index (χ3n) is 2.15. The van der Waals surface area contributed by atoms with Crippen LogP contribution in [-0.2, 0) is 4.79 Å². The molecule has 1 aromatic heterocycles. The Hall–Kier alpha value is -2.18. The third kappa shape index (κ3) is 3.69. The van der Waals surface area contributed by atoms with Crippen LogP contribution in [-0.4, -0.2) is 28.5 Å². The highest BCUT2D eigenvalue weighted by Crippen LogP contribution is 2.23. The van der Waals surface area contributed by atoms with Gasteiger partial charge < -0.3 is 20.2 Å². The van der Waals surface area contributed by atoms with Crippen molar-refractivity contribution in [3.05, 3.63) is 28.4 Å². The van der Waals surface area contributed by atoms with Gasteiger partial charge in [-0.25, -0.2) is 0 Å². The molecule has 7 nitrogen and oxygen atoms in total. The van der Waals surface area contributed by atoms with E-state index in [0.29, 0.717) is 6.54 Å². The smallest absolute Gasteiger partial charge is 0.406 e. The summed E-state index contributed by atoms with van der Waals surface area (Å²) in [4.78, 5) is 25.2. The molecule has 0 aliphatic rings. The predicted octanol–water partition coefficient (Wildman–Crippen LogP) is 1.28. The van der Waals surface area contributed by atoms with Gasteiger partial charge in [0.05, 0.1) is 0 Å². The zero-order chi connectivity index (χ0) is 13.5. The zero-order valence-electron chi connectivity index (χ0n) is 10.3. The fourth-order valence-electron chi connectivity index (χ4n) is 1.25. The van der Waals surface area contributed by atoms with E-state index in [-0.39, 0.29) is 11.7 Å². The molecule has 18 heavy (non-hydrogen) atoms. The fourth-order valence-corrected chi connectivity index (χ4v) is 1.25. The lowest BCUT2D eigenvalue weighted by molar-refractivity contribution is -0.390. The number of rotatable bonds is 6. The number of aromatic nitrogens is 1. The standard InChI is InChI=1S/C11H15N3O4/c1-3-6-13-11(15)8(2)18-9-5-4-7-12-10(9)14(16)17/h4-5,7-8H,3,6H2,1-2H3,(H,13,15). The predicted molar refractivity (Wildman–Crippen MR) is 64.3 cm³/mol. The van der Waals surface area contributed by atoms with Gasteiger partial charge in [0.15, 0.2) is 6.10 Å². The highest BCUT2D eigenvalue weighted by atomic mass is 16.6. The Labute approximate surface area is 104 Å². The Balaban J connectivity index is 2.72. The minimum absolute atomic E-state index is 0.0124. The van der Waals surface area contributed by atoms with Gasteiger partial charge in [-0.15, -0.1) is 0 Å². The number of nitrogens with zero attached hydrogens (tertiary/aromatic N) is 2. The van der Waals surface area contributed by atoms with Gasteiger partial charge in [0.1, 0.15) is 6.20 Å². The molecule has 1 heterocycles. The van der Waals surface area contributed by atoms with Crippen molar-refractivity contribution in [2.75, 3.05) is 6.54 Å². The fraction of sp³-hybridized carbons (Fsp3) is 0.455. The van der Waals surface area contributed by atoms with Crippen LogP contribution in [0.1, 0.15) is 20.3 Å². The number of carbonyl (C=O) groups is 1. The number of nitrogens with one attached hydrogen (secondary N) is 1. The van der Waals surface area contributed by atoms with E-state index in [9.17, 15) is 14.9 Å². The Bertz CT molecular complexity index is 436. The van der Waals surface area contributed by atoms with E-state index in [2.05, 4.69) is 10.3 Å². The molecule has 0 spiro atoms. The second-order valence-electron chi connectivity index (χ2n) is 3.63. The molecule has 1 unspecified atom stereocenters. The van der Waals surface area contributed by atoms with E-state index < -0.39 is 16.8 Å². The molecule has 0 fully saturated rings. The summed E-state index contributed by atoms with van der Waals surface area (Å²) in [6, 6.07) is 2.92. The summed E-state index contributed by atoms with van der Waals surface area (Å²) in [5.74, 6) is -0.718. The van der Waals surface area contributed by atoms with Crippen LogP contribution in [0, 0.1) is 10.1 Å². The van der Waals surface area contributed by atoms with Crippen molar-refractivity contribution in [2.45, 2.75) is 26.4 Å². The topological polar surface area (TPSA) is 94.4 Å². The summed E-state index contributed by atoms with van der Waals surface area (Å²) < 4.78 is 5.25. The molecule has 0 saturated heterocycles. The van der Waals surface area contributed by atoms with Crippen LogP contribution >= 0.6 is 0 Å². The van der Waals surface area contributed by atoms with Gasteiger partial charge in [-0.2, -0.15) is 0 Å². The molecule has 0 aliphatic heterocycles. The van der Waals surface area contributed by atoms with Crippen LogP contribution < -0.4 is 10.1 Å². The summed E-state index contributed by atoms with van der Waals surface area (Å²) in [5, 5.41) is 13.4. The second kappa shape index (κ2) is 6.53. The largest absolute Gasteiger partial charge is 0.473 e. The van der Waals surface area contributed by atoms with Gasteiger partial charge in [-0.05, 0) is 35.4 Å². The van der Waals surface area contributed by atoms with E-state index in [1.165, 1.54) is 25.3 Å². The van der Waals surface area contributed by atoms with E-state index >= 15 is 0 Å². The van der Waals surface area contributed by atoms with Gasteiger partial charge in [0.2, 0.25) is 5.75 Å². The summed E-state index contributed by atoms with van der Waals surface area (Å²) in [5.41, 5.74) is 0. The summed E-state index contributed by atoms with van der Waals surface area (Å²) >= 11 is 0. The molecule has 0 aromatic carbocycles. The van der Waals surface area contributed by atoms with Crippen LogP contribution in [0.4, 0.5) is 5.82 Å². The van der Waals surface area contributed by atoms with E-state index in [4.69, 9.17) is 4.74 Å². The average Bonchev–Trinajstić information content (AvgIpc) is 2.36. The monoisotopic (exact) mass is 253 g/mol. The van der Waals surface area contributed by atoms with Crippen molar-refractivity contribution < 1.29 is 14.5 Å². The van der Waals surface area contributed by atoms with Crippen LogP contribution in [0.5, 0.6) is 5.75 Å². The van der Waals surface area contributed by atoms with Crippen molar-refractivity contribution in [3.8, 4) is 5.75 Å². The minimum Gasteiger partial charge on any atom is -0.473 e. The second-order valence-corrected chi connectivity index (χ2v) is 3.63. The maximum Gasteiger partial charge on any atom is 0.406 e. The molecule has 7 heteroatoms. The van der Waals surface area contributed by atoms with E-state index in [1.807, 2.05) is 6.92 Å². The molecule has 0 aliphatic carbocycles. The lowest BCUT2D eigenvalue weighted by Crippen LogP contribution is -2.36. The summed E-state index contributed by atoms with van der Waals surface area (Å²) in [6.07, 6.45) is 1.30. The SMILES string of the molecule is CCCNC(=O)C(C)Oc1cccnc1[N+](=O)[O-]. The molecule has 1 aromatic rings. The maximum absolute atomic E-state index is 11.6. The first-order valence-corrected chi connectivity index (χ1v) is 5.60. The first kappa shape index (κ1) is 13.9. The number of pyridine rings is 1. The maximum atomic E-state index is 11.6. The number of carbonyl (C=O) groups excluding carboxylic acids is 1. The number of hydrogen-bond acceptors (Lipinski definition) is 5. The zero-order valence-corrected chi connectivity index (χ0v) is 10.3. The van der Waals surface area contributed by atoms with Crippen molar-refractivity contribution in [1.82, 2.24) is 10.3 Å². The summed E-state index contributed by atoms with van der Waals surface area (Å²) in [6.45, 7) is 4.00. The van der Waals surface area contributed by atoms with E-state index in [1.54, 1.807) is 0 Å². The normalized spacial score (nSPS) is 11.7. The molecule has 98 valence electrons. The van der Waals surface area contributed by atoms with Crippen LogP contribution in [0.2, 0.25) is 0 Å². The Morgan fingerprint density at radius 2 is 2.39 bits per heavy atom. The van der Waals surface area contributed by atoms with E-state index in [0.717, 1.165) is 6.42 Å². The molecule has 1 amide bonds. The summed E-state index contributed by atoms with van der Waals surface area (Å²) in [7, 11) is 0. The first-order chi connectivity index (χ1) is 8.56. The average molecular weight is 253 g/mol. The van der Waals surface area contributed by atoms with Crippen LogP contribution in [0.3, 0.4) is 0 Å². The molecule has 1 atom stereocenters. The lowest BCUT2D eigenvalue weighted by atomic mass is 10.3. The van der Waals surface area contributed by atoms with Gasteiger partial charge in [-0.3, -0.25) is 4.79 Å². The Morgan fingerprint density at radius 1 is 1.67 bits per heavy atom. The minimum atomic E-state index is -0.806. The number of ether oxygens (including phenoxy) is 1. The van der Waals surface area contributed by atoms with Gasteiger partial charge in [-0.1, -0.05) is 6.92 Å². The molecule has 1 rings (SSSR count). The molecule has 0 radical (unpaired) electrons. The molecule has 0 saturated carbocycles. The molecule has 1 N–H and O–H groups in total. The first-order valence-electron chi connectivity index (χ1n) is 5.60. The molecule has 0 bridgehead atoms. The van der Waals surface area contributed by atoms with Crippen LogP contribution in [0.15, 0.2) is 18.3 Å². The number of nitro groups is 1. The third-order valence-corrected chi connectivity index (χ3v) is 2.15. The van der Waals surface area contributed by atoms with Crippen molar-refractivity contribution in [1.29, 1.82) is 0 Å². The van der Waals surface area contributed by atoms with Gasteiger partial charge >= 0.3 is 5.82 Å². The molecular weight excluding hydrogens is 238 g/mol. The molecular formula is C11H15N3O4. The highest BCUT2D eigenvalue weighted by Gasteiger charge is 2.21. The lowest BCUT2D eigenvalue weighted by Gasteiger charge is -2.13. The Morgan fingerprint density at radius 3 is 3.00 bits per heavy atom. The van der Waals surface area contributed by atoms with Gasteiger partial charge in [0.25, 0.3) is 5.91 Å².